The summed E-state index contributed by atoms with van der Waals surface area (Å²) in [7, 11) is 5.82. The van der Waals surface area contributed by atoms with Crippen molar-refractivity contribution in [1.82, 2.24) is 34.7 Å². The molecule has 1 fully saturated rings. The Bertz CT molecular complexity index is 1480. The standard InChI is InChI=1S/C28H37FN10O2/c1-19(18-35(2)3)31-26(40)20-7-8-23(21(29)16-20)38-13-11-37(12-14-38)10-9-36(4)28-32-25-17-22(24-6-5-15-41-24)34-39(25)27(30)33-28/h5-8,15-17,19H,9-14,18H2,1-4H3,(H,31,40)(H2,30,32,33)/t19-/m1/s1. The van der Waals surface area contributed by atoms with Gasteiger partial charge in [0.1, 0.15) is 11.5 Å². The highest BCUT2D eigenvalue weighted by atomic mass is 19.1. The Labute approximate surface area is 238 Å². The first-order valence-corrected chi connectivity index (χ1v) is 13.7. The van der Waals surface area contributed by atoms with Crippen molar-refractivity contribution in [2.24, 2.45) is 0 Å². The lowest BCUT2D eigenvalue weighted by atomic mass is 10.1. The zero-order valence-electron chi connectivity index (χ0n) is 23.9. The number of aromatic nitrogens is 4. The Morgan fingerprint density at radius 1 is 1.15 bits per heavy atom. The molecule has 13 heteroatoms. The highest BCUT2D eigenvalue weighted by Gasteiger charge is 2.22. The van der Waals surface area contributed by atoms with Gasteiger partial charge >= 0.3 is 0 Å². The average molecular weight is 565 g/mol. The first kappa shape index (κ1) is 28.3. The molecule has 218 valence electrons. The van der Waals surface area contributed by atoms with Crippen LogP contribution in [0.5, 0.6) is 0 Å². The first-order valence-electron chi connectivity index (χ1n) is 13.7. The van der Waals surface area contributed by atoms with E-state index in [1.54, 1.807) is 24.5 Å². The van der Waals surface area contributed by atoms with Crippen LogP contribution in [0.3, 0.4) is 0 Å². The van der Waals surface area contributed by atoms with Gasteiger partial charge in [-0.3, -0.25) is 9.69 Å². The summed E-state index contributed by atoms with van der Waals surface area (Å²) in [4.78, 5) is 29.9. The Morgan fingerprint density at radius 3 is 2.61 bits per heavy atom. The Balaban J connectivity index is 1.13. The lowest BCUT2D eigenvalue weighted by Gasteiger charge is -2.36. The van der Waals surface area contributed by atoms with Crippen molar-refractivity contribution in [2.75, 3.05) is 82.5 Å². The molecule has 0 saturated carbocycles. The number of nitrogens with two attached hydrogens (primary N) is 1. The van der Waals surface area contributed by atoms with Crippen molar-refractivity contribution in [1.29, 1.82) is 0 Å². The van der Waals surface area contributed by atoms with E-state index in [-0.39, 0.29) is 23.7 Å². The summed E-state index contributed by atoms with van der Waals surface area (Å²) in [6.07, 6.45) is 1.59. The number of likely N-dealkylation sites (N-methyl/N-ethyl adjacent to an activating group) is 2. The van der Waals surface area contributed by atoms with Crippen molar-refractivity contribution in [3.63, 3.8) is 0 Å². The minimum absolute atomic E-state index is 0.0367. The molecule has 1 atom stereocenters. The number of carbonyl (C=O) groups is 1. The molecule has 3 aromatic heterocycles. The predicted molar refractivity (Wildman–Crippen MR) is 157 cm³/mol. The van der Waals surface area contributed by atoms with Gasteiger partial charge in [0, 0.05) is 70.5 Å². The fraction of sp³-hybridized carbons (Fsp3) is 0.429. The largest absolute Gasteiger partial charge is 0.463 e. The molecule has 1 saturated heterocycles. The van der Waals surface area contributed by atoms with Crippen LogP contribution in [0.25, 0.3) is 17.1 Å². The lowest BCUT2D eigenvalue weighted by Crippen LogP contribution is -2.48. The number of hydrogen-bond donors (Lipinski definition) is 2. The summed E-state index contributed by atoms with van der Waals surface area (Å²) in [5, 5.41) is 7.36. The van der Waals surface area contributed by atoms with Gasteiger partial charge < -0.3 is 30.2 Å². The van der Waals surface area contributed by atoms with Gasteiger partial charge in [0.15, 0.2) is 11.4 Å². The summed E-state index contributed by atoms with van der Waals surface area (Å²) in [5.41, 5.74) is 8.24. The molecule has 5 rings (SSSR count). The number of furan rings is 1. The summed E-state index contributed by atoms with van der Waals surface area (Å²) in [5.74, 6) is 0.746. The van der Waals surface area contributed by atoms with Gasteiger partial charge in [-0.1, -0.05) is 0 Å². The van der Waals surface area contributed by atoms with Crippen LogP contribution < -0.4 is 20.9 Å². The zero-order valence-corrected chi connectivity index (χ0v) is 23.9. The number of anilines is 3. The maximum absolute atomic E-state index is 15.0. The molecule has 4 aromatic rings. The fourth-order valence-corrected chi connectivity index (χ4v) is 5.02. The number of nitrogens with zero attached hydrogens (tertiary/aromatic N) is 8. The minimum Gasteiger partial charge on any atom is -0.463 e. The number of amides is 1. The molecule has 3 N–H and O–H groups in total. The second-order valence-corrected chi connectivity index (χ2v) is 10.7. The van der Waals surface area contributed by atoms with Gasteiger partial charge in [-0.05, 0) is 51.4 Å². The zero-order chi connectivity index (χ0) is 29.1. The van der Waals surface area contributed by atoms with Crippen LogP contribution in [-0.4, -0.2) is 108 Å². The Hall–Kier alpha value is -4.23. The van der Waals surface area contributed by atoms with E-state index in [9.17, 15) is 4.79 Å². The summed E-state index contributed by atoms with van der Waals surface area (Å²) in [6, 6.07) is 10.1. The molecular formula is C28H37FN10O2. The number of rotatable bonds is 10. The van der Waals surface area contributed by atoms with Crippen molar-refractivity contribution in [2.45, 2.75) is 13.0 Å². The molecule has 1 aromatic carbocycles. The van der Waals surface area contributed by atoms with E-state index in [1.165, 1.54) is 10.6 Å². The van der Waals surface area contributed by atoms with E-state index in [1.807, 2.05) is 54.9 Å². The quantitative estimate of drug-likeness (QED) is 0.296. The second-order valence-electron chi connectivity index (χ2n) is 10.7. The van der Waals surface area contributed by atoms with E-state index in [2.05, 4.69) is 25.3 Å². The van der Waals surface area contributed by atoms with E-state index in [0.717, 1.165) is 19.6 Å². The smallest absolute Gasteiger partial charge is 0.251 e. The highest BCUT2D eigenvalue weighted by Crippen LogP contribution is 2.23. The van der Waals surface area contributed by atoms with Crippen molar-refractivity contribution >= 4 is 29.1 Å². The molecule has 1 amide bonds. The number of nitrogen functional groups attached to an aromatic ring is 1. The van der Waals surface area contributed by atoms with Gasteiger partial charge in [0.05, 0.1) is 12.0 Å². The Morgan fingerprint density at radius 2 is 1.93 bits per heavy atom. The number of carbonyl (C=O) groups excluding carboxylic acids is 1. The van der Waals surface area contributed by atoms with Gasteiger partial charge in [-0.25, -0.2) is 4.39 Å². The van der Waals surface area contributed by atoms with Crippen LogP contribution in [-0.2, 0) is 0 Å². The van der Waals surface area contributed by atoms with E-state index in [0.29, 0.717) is 60.5 Å². The minimum atomic E-state index is -0.383. The Kier molecular flexibility index (Phi) is 8.36. The van der Waals surface area contributed by atoms with E-state index in [4.69, 9.17) is 10.2 Å². The summed E-state index contributed by atoms with van der Waals surface area (Å²) in [6.45, 7) is 7.07. The van der Waals surface area contributed by atoms with Crippen LogP contribution in [0.2, 0.25) is 0 Å². The van der Waals surface area contributed by atoms with E-state index >= 15 is 4.39 Å². The average Bonchev–Trinajstić information content (AvgIpc) is 3.62. The van der Waals surface area contributed by atoms with Crippen LogP contribution >= 0.6 is 0 Å². The molecule has 4 heterocycles. The molecular weight excluding hydrogens is 527 g/mol. The molecule has 0 aliphatic carbocycles. The molecule has 0 bridgehead atoms. The first-order chi connectivity index (χ1) is 19.7. The molecule has 0 unspecified atom stereocenters. The monoisotopic (exact) mass is 564 g/mol. The normalized spacial score (nSPS) is 15.0. The van der Waals surface area contributed by atoms with E-state index < -0.39 is 0 Å². The maximum atomic E-state index is 15.0. The number of hydrogen-bond acceptors (Lipinski definition) is 10. The predicted octanol–water partition coefficient (Wildman–Crippen LogP) is 2.04. The van der Waals surface area contributed by atoms with Crippen molar-refractivity contribution in [3.05, 3.63) is 54.0 Å². The van der Waals surface area contributed by atoms with Crippen LogP contribution in [0.15, 0.2) is 47.1 Å². The van der Waals surface area contributed by atoms with Crippen LogP contribution in [0.1, 0.15) is 17.3 Å². The number of piperazine rings is 1. The second kappa shape index (κ2) is 12.1. The third-order valence-corrected chi connectivity index (χ3v) is 7.14. The number of fused-ring (bicyclic) bond motifs is 1. The molecule has 41 heavy (non-hydrogen) atoms. The van der Waals surface area contributed by atoms with Gasteiger partial charge in [0.2, 0.25) is 11.9 Å². The third kappa shape index (κ3) is 6.57. The molecule has 1 aliphatic heterocycles. The summed E-state index contributed by atoms with van der Waals surface area (Å²) < 4.78 is 21.9. The molecule has 1 aliphatic rings. The highest BCUT2D eigenvalue weighted by molar-refractivity contribution is 5.94. The van der Waals surface area contributed by atoms with Crippen LogP contribution in [0.4, 0.5) is 22.0 Å². The molecule has 0 spiro atoms. The number of halogens is 1. The van der Waals surface area contributed by atoms with Crippen LogP contribution in [0, 0.1) is 5.82 Å². The van der Waals surface area contributed by atoms with Gasteiger partial charge in [-0.15, -0.1) is 0 Å². The molecule has 12 nitrogen and oxygen atoms in total. The third-order valence-electron chi connectivity index (χ3n) is 7.14. The lowest BCUT2D eigenvalue weighted by molar-refractivity contribution is 0.0934. The topological polar surface area (TPSA) is 124 Å². The number of benzene rings is 1. The number of nitrogens with one attached hydrogen (secondary N) is 1. The molecule has 0 radical (unpaired) electrons. The SMILES string of the molecule is C[C@H](CN(C)C)NC(=O)c1ccc(N2CCN(CCN(C)c3nc(N)n4nc(-c5ccco5)cc4n3)CC2)c(F)c1. The van der Waals surface area contributed by atoms with Crippen molar-refractivity contribution < 1.29 is 13.6 Å². The van der Waals surface area contributed by atoms with Crippen molar-refractivity contribution in [3.8, 4) is 11.5 Å². The summed E-state index contributed by atoms with van der Waals surface area (Å²) >= 11 is 0. The van der Waals surface area contributed by atoms with Gasteiger partial charge in [-0.2, -0.15) is 19.6 Å². The maximum Gasteiger partial charge on any atom is 0.251 e. The van der Waals surface area contributed by atoms with Gasteiger partial charge in [0.25, 0.3) is 5.91 Å². The fourth-order valence-electron chi connectivity index (χ4n) is 5.02.